The average Bonchev–Trinajstić information content (AvgIpc) is 2.48. The molecule has 0 aromatic heterocycles. The summed E-state index contributed by atoms with van der Waals surface area (Å²) in [6.07, 6.45) is -10.7. The van der Waals surface area contributed by atoms with Crippen LogP contribution in [0.1, 0.15) is 27.2 Å². The minimum absolute atomic E-state index is 0.617. The van der Waals surface area contributed by atoms with Crippen LogP contribution in [0.25, 0.3) is 0 Å². The first kappa shape index (κ1) is 25.3. The van der Waals surface area contributed by atoms with Crippen molar-refractivity contribution < 1.29 is 35.9 Å². The molecule has 0 aliphatic carbocycles. The second-order valence-electron chi connectivity index (χ2n) is 7.94. The van der Waals surface area contributed by atoms with Crippen LogP contribution in [0.15, 0.2) is 0 Å². The van der Waals surface area contributed by atoms with Crippen LogP contribution in [0.5, 0.6) is 0 Å². The third-order valence-corrected chi connectivity index (χ3v) is 4.76. The van der Waals surface area contributed by atoms with Gasteiger partial charge in [0, 0.05) is 12.3 Å². The largest absolute Gasteiger partial charge is 0.410 e. The van der Waals surface area contributed by atoms with Gasteiger partial charge in [-0.25, -0.2) is 26.3 Å². The molecule has 0 aromatic carbocycles. The van der Waals surface area contributed by atoms with E-state index in [1.165, 1.54) is 6.92 Å². The Morgan fingerprint density at radius 2 is 1.58 bits per heavy atom. The maximum absolute atomic E-state index is 14.3. The van der Waals surface area contributed by atoms with Crippen molar-refractivity contribution in [1.82, 2.24) is 0 Å². The molecule has 1 N–H and O–H groups in total. The molecule has 9 heteroatoms. The van der Waals surface area contributed by atoms with E-state index < -0.39 is 63.5 Å². The third-order valence-electron chi connectivity index (χ3n) is 3.66. The summed E-state index contributed by atoms with van der Waals surface area (Å²) in [5, 5.41) is 9.25. The lowest BCUT2D eigenvalue weighted by molar-refractivity contribution is -0.0421. The van der Waals surface area contributed by atoms with E-state index in [4.69, 9.17) is 4.43 Å². The SMILES string of the molecule is CC(C(F)C#CC(C)(O)C(F)F)C(F)C(F)CC(C)(CF)O[Si](C)(C)C. The molecule has 0 aliphatic rings. The van der Waals surface area contributed by atoms with Gasteiger partial charge in [0.2, 0.25) is 0 Å². The van der Waals surface area contributed by atoms with Crippen molar-refractivity contribution in [3.05, 3.63) is 0 Å². The Morgan fingerprint density at radius 3 is 1.96 bits per heavy atom. The van der Waals surface area contributed by atoms with Crippen LogP contribution in [0, 0.1) is 17.8 Å². The van der Waals surface area contributed by atoms with Crippen molar-refractivity contribution in [2.75, 3.05) is 6.67 Å². The van der Waals surface area contributed by atoms with Gasteiger partial charge in [0.1, 0.15) is 19.0 Å². The van der Waals surface area contributed by atoms with Gasteiger partial charge in [0.25, 0.3) is 6.43 Å². The molecule has 26 heavy (non-hydrogen) atoms. The maximum Gasteiger partial charge on any atom is 0.277 e. The standard InChI is InChI=1S/C17H28F6O2Si/c1-11(12(19)7-8-17(3,24)15(22)23)14(21)13(20)9-16(2,10-18)25-26(4,5)6/h11-15,24H,9-10H2,1-6H3. The van der Waals surface area contributed by atoms with Gasteiger partial charge in [-0.3, -0.25) is 0 Å². The highest BCUT2D eigenvalue weighted by molar-refractivity contribution is 6.69. The lowest BCUT2D eigenvalue weighted by atomic mass is 9.90. The fourth-order valence-corrected chi connectivity index (χ4v) is 3.90. The quantitative estimate of drug-likeness (QED) is 0.344. The van der Waals surface area contributed by atoms with Crippen molar-refractivity contribution in [2.24, 2.45) is 5.92 Å². The van der Waals surface area contributed by atoms with E-state index in [0.717, 1.165) is 6.92 Å². The number of hydrogen-bond donors (Lipinski definition) is 1. The highest BCUT2D eigenvalue weighted by Gasteiger charge is 2.40. The van der Waals surface area contributed by atoms with E-state index in [1.54, 1.807) is 31.5 Å². The van der Waals surface area contributed by atoms with Crippen LogP contribution in [-0.4, -0.2) is 56.2 Å². The molecule has 0 saturated heterocycles. The molecule has 0 bridgehead atoms. The molecule has 6 unspecified atom stereocenters. The van der Waals surface area contributed by atoms with Gasteiger partial charge >= 0.3 is 0 Å². The van der Waals surface area contributed by atoms with Gasteiger partial charge in [0.15, 0.2) is 20.1 Å². The summed E-state index contributed by atoms with van der Waals surface area (Å²) in [6, 6.07) is 0. The van der Waals surface area contributed by atoms with E-state index >= 15 is 0 Å². The fraction of sp³-hybridized carbons (Fsp3) is 0.882. The maximum atomic E-state index is 14.3. The molecule has 0 spiro atoms. The summed E-state index contributed by atoms with van der Waals surface area (Å²) < 4.78 is 86.3. The van der Waals surface area contributed by atoms with E-state index in [0.29, 0.717) is 6.92 Å². The summed E-state index contributed by atoms with van der Waals surface area (Å²) in [6.45, 7) is 7.31. The number of alkyl halides is 6. The number of rotatable bonds is 9. The topological polar surface area (TPSA) is 29.5 Å². The zero-order chi connectivity index (χ0) is 20.9. The summed E-state index contributed by atoms with van der Waals surface area (Å²) in [4.78, 5) is 0. The summed E-state index contributed by atoms with van der Waals surface area (Å²) in [7, 11) is -2.23. The molecular formula is C17H28F6O2Si. The van der Waals surface area contributed by atoms with Gasteiger partial charge < -0.3 is 9.53 Å². The number of aliphatic hydroxyl groups is 1. The lowest BCUT2D eigenvalue weighted by Gasteiger charge is -2.36. The van der Waals surface area contributed by atoms with E-state index in [9.17, 15) is 31.4 Å². The first-order valence-electron chi connectivity index (χ1n) is 8.26. The predicted molar refractivity (Wildman–Crippen MR) is 91.7 cm³/mol. The zero-order valence-corrected chi connectivity index (χ0v) is 16.9. The van der Waals surface area contributed by atoms with Crippen LogP contribution >= 0.6 is 0 Å². The smallest absolute Gasteiger partial charge is 0.277 e. The molecule has 0 radical (unpaired) electrons. The van der Waals surface area contributed by atoms with Crippen LogP contribution in [0.3, 0.4) is 0 Å². The van der Waals surface area contributed by atoms with E-state index in [-0.39, 0.29) is 0 Å². The second kappa shape index (κ2) is 9.47. The molecule has 0 amide bonds. The Kier molecular flexibility index (Phi) is 9.20. The number of hydrogen-bond acceptors (Lipinski definition) is 2. The normalized spacial score (nSPS) is 21.8. The molecule has 0 heterocycles. The highest BCUT2D eigenvalue weighted by atomic mass is 28.4. The molecule has 2 nitrogen and oxygen atoms in total. The first-order chi connectivity index (χ1) is 11.5. The Hall–Kier alpha value is -0.723. The third kappa shape index (κ3) is 8.31. The fourth-order valence-electron chi connectivity index (χ4n) is 2.28. The van der Waals surface area contributed by atoms with Crippen LogP contribution in [-0.2, 0) is 4.43 Å². The predicted octanol–water partition coefficient (Wildman–Crippen LogP) is 4.63. The zero-order valence-electron chi connectivity index (χ0n) is 15.9. The van der Waals surface area contributed by atoms with Crippen LogP contribution in [0.2, 0.25) is 19.6 Å². The lowest BCUT2D eigenvalue weighted by Crippen LogP contribution is -2.46. The van der Waals surface area contributed by atoms with Crippen molar-refractivity contribution in [3.8, 4) is 11.8 Å². The summed E-state index contributed by atoms with van der Waals surface area (Å²) in [5.41, 5.74) is -4.28. The van der Waals surface area contributed by atoms with Crippen LogP contribution < -0.4 is 0 Å². The van der Waals surface area contributed by atoms with Gasteiger partial charge in [-0.1, -0.05) is 18.8 Å². The molecule has 0 aliphatic heterocycles. The number of halogens is 6. The molecule has 0 rings (SSSR count). The van der Waals surface area contributed by atoms with Gasteiger partial charge in [-0.05, 0) is 33.5 Å². The summed E-state index contributed by atoms with van der Waals surface area (Å²) in [5.74, 6) is 1.74. The van der Waals surface area contributed by atoms with Gasteiger partial charge in [-0.2, -0.15) is 0 Å². The molecule has 0 saturated carbocycles. The van der Waals surface area contributed by atoms with Crippen LogP contribution in [0.4, 0.5) is 26.3 Å². The molecule has 0 aromatic rings. The van der Waals surface area contributed by atoms with Gasteiger partial charge in [0.05, 0.1) is 5.60 Å². The Balaban J connectivity index is 5.06. The van der Waals surface area contributed by atoms with E-state index in [1.807, 2.05) is 0 Å². The van der Waals surface area contributed by atoms with Gasteiger partial charge in [-0.15, -0.1) is 0 Å². The van der Waals surface area contributed by atoms with Crippen molar-refractivity contribution >= 4 is 8.32 Å². The Bertz CT molecular complexity index is 500. The van der Waals surface area contributed by atoms with E-state index in [2.05, 4.69) is 0 Å². The van der Waals surface area contributed by atoms with Crippen molar-refractivity contribution in [1.29, 1.82) is 0 Å². The second-order valence-corrected chi connectivity index (χ2v) is 12.4. The highest BCUT2D eigenvalue weighted by Crippen LogP contribution is 2.30. The minimum Gasteiger partial charge on any atom is -0.410 e. The molecule has 6 atom stereocenters. The van der Waals surface area contributed by atoms with Crippen molar-refractivity contribution in [2.45, 2.75) is 83.0 Å². The molecule has 0 fully saturated rings. The Morgan fingerprint density at radius 1 is 1.08 bits per heavy atom. The first-order valence-corrected chi connectivity index (χ1v) is 11.7. The average molecular weight is 406 g/mol. The molecular weight excluding hydrogens is 378 g/mol. The van der Waals surface area contributed by atoms with Crippen molar-refractivity contribution in [3.63, 3.8) is 0 Å². The summed E-state index contributed by atoms with van der Waals surface area (Å²) >= 11 is 0. The minimum atomic E-state index is -3.24. The monoisotopic (exact) mass is 406 g/mol. The molecule has 154 valence electrons. The Labute approximate surface area is 152 Å².